The van der Waals surface area contributed by atoms with E-state index < -0.39 is 0 Å². The molecule has 0 saturated carbocycles. The summed E-state index contributed by atoms with van der Waals surface area (Å²) in [7, 11) is 0. The summed E-state index contributed by atoms with van der Waals surface area (Å²) < 4.78 is 12.2. The molecule has 3 nitrogen and oxygen atoms in total. The van der Waals surface area contributed by atoms with E-state index in [4.69, 9.17) is 4.42 Å². The largest absolute Gasteiger partial charge is 0.454 e. The van der Waals surface area contributed by atoms with Crippen molar-refractivity contribution in [1.29, 1.82) is 0 Å². The topological polar surface area (TPSA) is 21.3 Å². The minimum atomic E-state index is -0.0764. The van der Waals surface area contributed by atoms with Crippen molar-refractivity contribution in [2.24, 2.45) is 0 Å². The van der Waals surface area contributed by atoms with Gasteiger partial charge in [0.25, 0.3) is 0 Å². The van der Waals surface area contributed by atoms with Crippen LogP contribution in [0.3, 0.4) is 0 Å². The second-order valence-electron chi connectivity index (χ2n) is 19.3. The smallest absolute Gasteiger partial charge is 0.333 e. The van der Waals surface area contributed by atoms with Crippen LogP contribution in [0.2, 0.25) is 0 Å². The highest BCUT2D eigenvalue weighted by molar-refractivity contribution is 7.26. The maximum absolute atomic E-state index is 6.91. The molecule has 0 aliphatic carbocycles. The number of furan rings is 1. The molecule has 0 atom stereocenters. The van der Waals surface area contributed by atoms with Crippen LogP contribution in [-0.4, -0.2) is 11.3 Å². The molecule has 0 amide bonds. The Balaban J connectivity index is 1.25. The van der Waals surface area contributed by atoms with Crippen LogP contribution in [0.1, 0.15) is 52.7 Å². The van der Waals surface area contributed by atoms with Crippen molar-refractivity contribution in [3.63, 3.8) is 0 Å². The first-order chi connectivity index (χ1) is 29.5. The van der Waals surface area contributed by atoms with Crippen LogP contribution in [0, 0.1) is 0 Å². The number of hydrogen-bond donors (Lipinski definition) is 0. The number of para-hydroxylation sites is 2. The molecule has 2 aliphatic heterocycles. The fourth-order valence-corrected chi connectivity index (χ4v) is 11.8. The molecule has 0 N–H and O–H groups in total. The van der Waals surface area contributed by atoms with Gasteiger partial charge in [-0.15, -0.1) is 11.3 Å². The highest BCUT2D eigenvalue weighted by atomic mass is 32.1. The van der Waals surface area contributed by atoms with Crippen molar-refractivity contribution in [1.82, 2.24) is 4.48 Å². The van der Waals surface area contributed by atoms with Gasteiger partial charge in [-0.25, -0.2) is 0 Å². The molecule has 0 spiro atoms. The Labute approximate surface area is 359 Å². The number of rotatable bonds is 2. The van der Waals surface area contributed by atoms with E-state index in [2.05, 4.69) is 203 Å². The minimum absolute atomic E-state index is 0.00853. The predicted octanol–water partition coefficient (Wildman–Crippen LogP) is 14.7. The molecule has 292 valence electrons. The molecule has 0 fully saturated rings. The Morgan fingerprint density at radius 2 is 1.26 bits per heavy atom. The van der Waals surface area contributed by atoms with E-state index in [0.717, 1.165) is 27.6 Å². The van der Waals surface area contributed by atoms with Crippen LogP contribution < -0.4 is 15.8 Å². The number of thiophene rings is 1. The first kappa shape index (κ1) is 35.2. The van der Waals surface area contributed by atoms with Crippen molar-refractivity contribution < 1.29 is 4.42 Å². The van der Waals surface area contributed by atoms with Crippen molar-refractivity contribution >= 4 is 110 Å². The molecular formula is C56H43BN2OS. The highest BCUT2D eigenvalue weighted by Crippen LogP contribution is 2.53. The number of nitrogens with zero attached hydrogens (tertiary/aromatic N) is 2. The lowest BCUT2D eigenvalue weighted by atomic mass is 9.44. The Bertz CT molecular complexity index is 3690. The molecular weight excluding hydrogens is 760 g/mol. The second kappa shape index (κ2) is 12.1. The lowest BCUT2D eigenvalue weighted by molar-refractivity contribution is 0.590. The van der Waals surface area contributed by atoms with Crippen LogP contribution >= 0.6 is 11.3 Å². The van der Waals surface area contributed by atoms with Crippen LogP contribution in [0.5, 0.6) is 0 Å². The van der Waals surface area contributed by atoms with Crippen LogP contribution in [0.15, 0.2) is 156 Å². The van der Waals surface area contributed by atoms with Crippen molar-refractivity contribution in [3.8, 4) is 22.3 Å². The zero-order valence-corrected chi connectivity index (χ0v) is 36.0. The lowest BCUT2D eigenvalue weighted by Gasteiger charge is -2.41. The summed E-state index contributed by atoms with van der Waals surface area (Å²) in [6.45, 7) is 14.0. The summed E-state index contributed by atoms with van der Waals surface area (Å²) in [4.78, 5) is 2.55. The van der Waals surface area contributed by atoms with Crippen molar-refractivity contribution in [2.75, 3.05) is 4.90 Å². The fourth-order valence-electron chi connectivity index (χ4n) is 10.7. The van der Waals surface area contributed by atoms with E-state index in [1.807, 2.05) is 11.3 Å². The zero-order valence-electron chi connectivity index (χ0n) is 35.2. The van der Waals surface area contributed by atoms with Gasteiger partial charge in [-0.3, -0.25) is 0 Å². The predicted molar refractivity (Wildman–Crippen MR) is 263 cm³/mol. The third-order valence-electron chi connectivity index (χ3n) is 13.7. The fraction of sp³-hybridized carbons (Fsp3) is 0.143. The van der Waals surface area contributed by atoms with Gasteiger partial charge in [0.1, 0.15) is 5.58 Å². The van der Waals surface area contributed by atoms with Crippen LogP contribution in [0.4, 0.5) is 17.1 Å². The van der Waals surface area contributed by atoms with Gasteiger partial charge in [0.05, 0.1) is 5.69 Å². The van der Waals surface area contributed by atoms with Crippen molar-refractivity contribution in [3.05, 3.63) is 163 Å². The SMILES string of the molecule is CC(C)(C)c1ccc2c(c1)c1cc(C(C)(C)C)cc3c1n2B1c2ccc(-c4ccccc4)cc2N(c2cccc4c2oc2ccccc24)c2cc4sc5ccccc5c4c-3c21. The molecule has 2 aliphatic rings. The monoisotopic (exact) mass is 802 g/mol. The van der Waals surface area contributed by atoms with E-state index in [0.29, 0.717) is 0 Å². The van der Waals surface area contributed by atoms with Gasteiger partial charge in [0, 0.05) is 69.7 Å². The van der Waals surface area contributed by atoms with E-state index >= 15 is 0 Å². The lowest BCUT2D eigenvalue weighted by Crippen LogP contribution is -2.56. The molecule has 5 heteroatoms. The normalized spacial score (nSPS) is 13.7. The summed E-state index contributed by atoms with van der Waals surface area (Å²) in [5.41, 5.74) is 18.2. The third-order valence-corrected chi connectivity index (χ3v) is 14.8. The molecule has 0 bridgehead atoms. The average Bonchev–Trinajstić information content (AvgIpc) is 3.94. The molecule has 61 heavy (non-hydrogen) atoms. The second-order valence-corrected chi connectivity index (χ2v) is 20.4. The van der Waals surface area contributed by atoms with E-state index in [1.54, 1.807) is 0 Å². The molecule has 13 rings (SSSR count). The van der Waals surface area contributed by atoms with E-state index in [9.17, 15) is 0 Å². The molecule has 0 unspecified atom stereocenters. The molecule has 8 aromatic carbocycles. The Hall–Kier alpha value is -6.56. The summed E-state index contributed by atoms with van der Waals surface area (Å²) in [6, 6.07) is 57.0. The number of benzene rings is 8. The Morgan fingerprint density at radius 3 is 2.08 bits per heavy atom. The number of aromatic nitrogens is 1. The standard InChI is InChI=1S/C56H43BN2OS/c1-55(2,3)34-24-26-43-39(28-34)40-29-35(56(4,5)6)30-41-51-50-38-18-11-13-22-48(38)61-49(50)31-46-52(51)57(59(43)53(40)41)42-25-23-33(32-15-8-7-9-16-32)27-45(42)58(46)44-20-14-19-37-36-17-10-12-21-47(36)60-54(37)44/h7-31H,1-6H3. The third kappa shape index (κ3) is 4.81. The highest BCUT2D eigenvalue weighted by Gasteiger charge is 2.45. The average molecular weight is 803 g/mol. The van der Waals surface area contributed by atoms with Gasteiger partial charge in [0.2, 0.25) is 0 Å². The van der Waals surface area contributed by atoms with Crippen molar-refractivity contribution in [2.45, 2.75) is 52.4 Å². The molecule has 0 saturated heterocycles. The molecule has 0 radical (unpaired) electrons. The maximum Gasteiger partial charge on any atom is 0.333 e. The Kier molecular flexibility index (Phi) is 6.96. The number of fused-ring (bicyclic) bond motifs is 14. The molecule has 5 heterocycles. The van der Waals surface area contributed by atoms with E-state index in [-0.39, 0.29) is 17.7 Å². The van der Waals surface area contributed by atoms with Gasteiger partial charge >= 0.3 is 6.85 Å². The van der Waals surface area contributed by atoms with Gasteiger partial charge in [-0.05, 0) is 104 Å². The number of hydrogen-bond acceptors (Lipinski definition) is 3. The quantitative estimate of drug-likeness (QED) is 0.162. The van der Waals surface area contributed by atoms with Gasteiger partial charge < -0.3 is 13.8 Å². The van der Waals surface area contributed by atoms with Crippen LogP contribution in [0.25, 0.3) is 86.2 Å². The summed E-state index contributed by atoms with van der Waals surface area (Å²) >= 11 is 1.91. The summed E-state index contributed by atoms with van der Waals surface area (Å²) in [5, 5.41) is 7.60. The summed E-state index contributed by atoms with van der Waals surface area (Å²) in [5.74, 6) is 0. The number of anilines is 3. The molecule has 11 aromatic rings. The molecule has 3 aromatic heterocycles. The maximum atomic E-state index is 6.91. The minimum Gasteiger partial charge on any atom is -0.454 e. The first-order valence-electron chi connectivity index (χ1n) is 21.5. The van der Waals surface area contributed by atoms with E-state index in [1.165, 1.54) is 97.7 Å². The van der Waals surface area contributed by atoms with Gasteiger partial charge in [-0.2, -0.15) is 0 Å². The Morgan fingerprint density at radius 1 is 0.525 bits per heavy atom. The van der Waals surface area contributed by atoms with Gasteiger partial charge in [-0.1, -0.05) is 139 Å². The first-order valence-corrected chi connectivity index (χ1v) is 22.4. The zero-order chi connectivity index (χ0) is 41.1. The van der Waals surface area contributed by atoms with Crippen LogP contribution in [-0.2, 0) is 10.8 Å². The van der Waals surface area contributed by atoms with Gasteiger partial charge in [0.15, 0.2) is 5.58 Å². The summed E-state index contributed by atoms with van der Waals surface area (Å²) in [6.07, 6.45) is 0.